The number of H-pyrrole nitrogens is 1. The quantitative estimate of drug-likeness (QED) is 0.780. The van der Waals surface area contributed by atoms with Gasteiger partial charge in [-0.3, -0.25) is 4.79 Å². The van der Waals surface area contributed by atoms with Crippen LogP contribution in [-0.2, 0) is 0 Å². The zero-order chi connectivity index (χ0) is 17.4. The maximum absolute atomic E-state index is 13.3. The highest BCUT2D eigenvalue weighted by atomic mass is 19.1. The third-order valence-electron chi connectivity index (χ3n) is 4.68. The highest BCUT2D eigenvalue weighted by molar-refractivity contribution is 5.79. The van der Waals surface area contributed by atoms with Crippen LogP contribution in [0.1, 0.15) is 0 Å². The molecule has 25 heavy (non-hydrogen) atoms. The number of likely N-dealkylation sites (N-methyl/N-ethyl adjacent to an activating group) is 1. The molecule has 4 rings (SSSR count). The van der Waals surface area contributed by atoms with E-state index in [1.54, 1.807) is 0 Å². The predicted molar refractivity (Wildman–Crippen MR) is 97.5 cm³/mol. The number of benzene rings is 2. The molecule has 0 radical (unpaired) electrons. The molecule has 0 atom stereocenters. The van der Waals surface area contributed by atoms with Crippen LogP contribution in [0.2, 0.25) is 0 Å². The number of nitrogens with one attached hydrogen (secondary N) is 1. The van der Waals surface area contributed by atoms with Gasteiger partial charge in [-0.1, -0.05) is 0 Å². The number of hydrogen-bond acceptors (Lipinski definition) is 4. The van der Waals surface area contributed by atoms with Gasteiger partial charge >= 0.3 is 0 Å². The normalized spacial score (nSPS) is 15.7. The molecule has 1 aromatic heterocycles. The van der Waals surface area contributed by atoms with Gasteiger partial charge in [0.15, 0.2) is 0 Å². The molecule has 3 aromatic rings. The lowest BCUT2D eigenvalue weighted by Crippen LogP contribution is -2.44. The molecule has 128 valence electrons. The number of rotatable bonds is 2. The van der Waals surface area contributed by atoms with Gasteiger partial charge in [0.25, 0.3) is 5.56 Å². The minimum absolute atomic E-state index is 0.262. The molecule has 0 aliphatic carbocycles. The first-order valence-electron chi connectivity index (χ1n) is 8.34. The van der Waals surface area contributed by atoms with E-state index in [1.165, 1.54) is 23.9 Å². The topological polar surface area (TPSA) is 52.2 Å². The standard InChI is InChI=1S/C19H19FN4O/c1-23-8-10-24(11-9-23)15-5-2-13(3-6-15)18-21-17-7-4-14(20)12-16(17)19(25)22-18/h2-7,12H,8-11H2,1H3,(H,21,22,25). The molecule has 0 unspecified atom stereocenters. The molecule has 2 heterocycles. The van der Waals surface area contributed by atoms with E-state index in [-0.39, 0.29) is 10.9 Å². The van der Waals surface area contributed by atoms with Crippen LogP contribution >= 0.6 is 0 Å². The average molecular weight is 338 g/mol. The first-order valence-corrected chi connectivity index (χ1v) is 8.34. The Morgan fingerprint density at radius 3 is 2.48 bits per heavy atom. The molecule has 1 aliphatic heterocycles. The van der Waals surface area contributed by atoms with Crippen LogP contribution in [0.25, 0.3) is 22.3 Å². The highest BCUT2D eigenvalue weighted by Gasteiger charge is 2.14. The molecule has 1 N–H and O–H groups in total. The van der Waals surface area contributed by atoms with Gasteiger partial charge in [0.2, 0.25) is 0 Å². The van der Waals surface area contributed by atoms with Crippen molar-refractivity contribution in [1.29, 1.82) is 0 Å². The van der Waals surface area contributed by atoms with Crippen molar-refractivity contribution in [2.45, 2.75) is 0 Å². The second-order valence-corrected chi connectivity index (χ2v) is 6.41. The molecule has 5 nitrogen and oxygen atoms in total. The van der Waals surface area contributed by atoms with E-state index in [2.05, 4.69) is 38.9 Å². The second kappa shape index (κ2) is 6.29. The largest absolute Gasteiger partial charge is 0.369 e. The van der Waals surface area contributed by atoms with Gasteiger partial charge in [-0.15, -0.1) is 0 Å². The van der Waals surface area contributed by atoms with Crippen molar-refractivity contribution in [1.82, 2.24) is 14.9 Å². The maximum atomic E-state index is 13.3. The summed E-state index contributed by atoms with van der Waals surface area (Å²) < 4.78 is 13.3. The summed E-state index contributed by atoms with van der Waals surface area (Å²) in [6.45, 7) is 4.12. The molecule has 6 heteroatoms. The molecular formula is C19H19FN4O. The smallest absolute Gasteiger partial charge is 0.259 e. The number of halogens is 1. The van der Waals surface area contributed by atoms with E-state index >= 15 is 0 Å². The van der Waals surface area contributed by atoms with Crippen LogP contribution in [0.4, 0.5) is 10.1 Å². The lowest BCUT2D eigenvalue weighted by molar-refractivity contribution is 0.313. The third-order valence-corrected chi connectivity index (χ3v) is 4.68. The van der Waals surface area contributed by atoms with Crippen LogP contribution in [0.5, 0.6) is 0 Å². The number of piperazine rings is 1. The van der Waals surface area contributed by atoms with Crippen molar-refractivity contribution in [2.75, 3.05) is 38.1 Å². The number of anilines is 1. The number of nitrogens with zero attached hydrogens (tertiary/aromatic N) is 3. The van der Waals surface area contributed by atoms with Crippen LogP contribution in [0, 0.1) is 5.82 Å². The van der Waals surface area contributed by atoms with Crippen molar-refractivity contribution >= 4 is 16.6 Å². The number of fused-ring (bicyclic) bond motifs is 1. The zero-order valence-electron chi connectivity index (χ0n) is 14.0. The summed E-state index contributed by atoms with van der Waals surface area (Å²) >= 11 is 0. The Kier molecular flexibility index (Phi) is 3.97. The van der Waals surface area contributed by atoms with Gasteiger partial charge in [0, 0.05) is 37.4 Å². The monoisotopic (exact) mass is 338 g/mol. The van der Waals surface area contributed by atoms with Gasteiger partial charge in [0.1, 0.15) is 11.6 Å². The summed E-state index contributed by atoms with van der Waals surface area (Å²) in [4.78, 5) is 24.1. The van der Waals surface area contributed by atoms with Crippen LogP contribution in [0.15, 0.2) is 47.3 Å². The summed E-state index contributed by atoms with van der Waals surface area (Å²) in [5.41, 5.74) is 2.16. The van der Waals surface area contributed by atoms with Crippen molar-refractivity contribution in [3.05, 3.63) is 58.6 Å². The van der Waals surface area contributed by atoms with Crippen molar-refractivity contribution < 1.29 is 4.39 Å². The average Bonchev–Trinajstić information content (AvgIpc) is 2.63. The van der Waals surface area contributed by atoms with E-state index in [1.807, 2.05) is 12.1 Å². The third kappa shape index (κ3) is 3.13. The van der Waals surface area contributed by atoms with Crippen LogP contribution < -0.4 is 10.5 Å². The van der Waals surface area contributed by atoms with Gasteiger partial charge in [-0.25, -0.2) is 9.37 Å². The highest BCUT2D eigenvalue weighted by Crippen LogP contribution is 2.22. The second-order valence-electron chi connectivity index (χ2n) is 6.41. The van der Waals surface area contributed by atoms with Gasteiger partial charge in [0.05, 0.1) is 10.9 Å². The van der Waals surface area contributed by atoms with Gasteiger partial charge in [-0.05, 0) is 49.5 Å². The van der Waals surface area contributed by atoms with Gasteiger partial charge < -0.3 is 14.8 Å². The molecule has 0 amide bonds. The fraction of sp³-hybridized carbons (Fsp3) is 0.263. The number of aromatic amines is 1. The van der Waals surface area contributed by atoms with Crippen molar-refractivity contribution in [2.24, 2.45) is 0 Å². The van der Waals surface area contributed by atoms with Crippen LogP contribution in [0.3, 0.4) is 0 Å². The number of hydrogen-bond donors (Lipinski definition) is 1. The van der Waals surface area contributed by atoms with E-state index < -0.39 is 5.82 Å². The summed E-state index contributed by atoms with van der Waals surface area (Å²) in [6.07, 6.45) is 0. The van der Waals surface area contributed by atoms with E-state index in [0.29, 0.717) is 11.3 Å². The Bertz CT molecular complexity index is 959. The molecule has 1 saturated heterocycles. The Balaban J connectivity index is 1.65. The predicted octanol–water partition coefficient (Wildman–Crippen LogP) is 2.48. The Morgan fingerprint density at radius 1 is 1.04 bits per heavy atom. The molecule has 0 bridgehead atoms. The first-order chi connectivity index (χ1) is 12.1. The Labute approximate surface area is 144 Å². The minimum atomic E-state index is -0.441. The lowest BCUT2D eigenvalue weighted by atomic mass is 10.1. The minimum Gasteiger partial charge on any atom is -0.369 e. The lowest BCUT2D eigenvalue weighted by Gasteiger charge is -2.34. The molecular weight excluding hydrogens is 319 g/mol. The summed E-state index contributed by atoms with van der Waals surface area (Å²) in [5.74, 6) is 0.0538. The van der Waals surface area contributed by atoms with Crippen molar-refractivity contribution in [3.8, 4) is 11.4 Å². The fourth-order valence-corrected chi connectivity index (χ4v) is 3.14. The summed E-state index contributed by atoms with van der Waals surface area (Å²) in [5, 5.41) is 0.262. The Morgan fingerprint density at radius 2 is 1.76 bits per heavy atom. The first kappa shape index (κ1) is 15.8. The van der Waals surface area contributed by atoms with Crippen LogP contribution in [-0.4, -0.2) is 48.1 Å². The SMILES string of the molecule is CN1CCN(c2ccc(-c3nc4ccc(F)cc4c(=O)[nH]3)cc2)CC1. The zero-order valence-corrected chi connectivity index (χ0v) is 14.0. The fourth-order valence-electron chi connectivity index (χ4n) is 3.14. The van der Waals surface area contributed by atoms with Gasteiger partial charge in [-0.2, -0.15) is 0 Å². The Hall–Kier alpha value is -2.73. The summed E-state index contributed by atoms with van der Waals surface area (Å²) in [7, 11) is 2.13. The molecule has 1 aliphatic rings. The number of aromatic nitrogens is 2. The van der Waals surface area contributed by atoms with E-state index in [4.69, 9.17) is 0 Å². The molecule has 0 spiro atoms. The van der Waals surface area contributed by atoms with E-state index in [0.717, 1.165) is 31.7 Å². The van der Waals surface area contributed by atoms with E-state index in [9.17, 15) is 9.18 Å². The van der Waals surface area contributed by atoms with Crippen molar-refractivity contribution in [3.63, 3.8) is 0 Å². The molecule has 0 saturated carbocycles. The molecule has 1 fully saturated rings. The molecule has 2 aromatic carbocycles. The summed E-state index contributed by atoms with van der Waals surface area (Å²) in [6, 6.07) is 12.1. The maximum Gasteiger partial charge on any atom is 0.259 e.